The van der Waals surface area contributed by atoms with Crippen molar-refractivity contribution in [1.82, 2.24) is 20.3 Å². The Balaban J connectivity index is 1.42. The second-order valence-electron chi connectivity index (χ2n) is 9.75. The van der Waals surface area contributed by atoms with Crippen molar-refractivity contribution in [3.05, 3.63) is 54.2 Å². The number of hydrogen-bond donors (Lipinski definition) is 3. The van der Waals surface area contributed by atoms with Crippen molar-refractivity contribution in [2.75, 3.05) is 35.3 Å². The zero-order valence-corrected chi connectivity index (χ0v) is 21.4. The van der Waals surface area contributed by atoms with Crippen molar-refractivity contribution in [3.63, 3.8) is 0 Å². The first-order chi connectivity index (χ1) is 17.1. The smallest absolute Gasteiger partial charge is 0.164 e. The van der Waals surface area contributed by atoms with E-state index in [1.807, 2.05) is 30.2 Å². The standard InChI is InChI=1S/C27H33N7S/c1-17(2)21-6-7-24(34-14-18(15-34)16-35-3)23-13-31-26(10-22(21)23)32-25-8-9-29-27(33-25)19(11-28)12-30-20-4-5-20/h6-13,17-18,20,28,30H,4-5,14-16H2,1-3H3,(H,29,31,32,33)/b19-12+,28-11?. The number of hydrogen-bond acceptors (Lipinski definition) is 8. The van der Waals surface area contributed by atoms with E-state index in [1.54, 1.807) is 6.20 Å². The fourth-order valence-electron chi connectivity index (χ4n) is 4.53. The van der Waals surface area contributed by atoms with Crippen LogP contribution < -0.4 is 15.5 Å². The number of nitrogens with zero attached hydrogens (tertiary/aromatic N) is 4. The lowest BCUT2D eigenvalue weighted by Gasteiger charge is -2.41. The van der Waals surface area contributed by atoms with Crippen LogP contribution in [0.15, 0.2) is 42.9 Å². The summed E-state index contributed by atoms with van der Waals surface area (Å²) in [5.74, 6) is 4.32. The lowest BCUT2D eigenvalue weighted by atomic mass is 9.93. The van der Waals surface area contributed by atoms with Gasteiger partial charge >= 0.3 is 0 Å². The topological polar surface area (TPSA) is 89.8 Å². The predicted octanol–water partition coefficient (Wildman–Crippen LogP) is 5.43. The molecule has 0 amide bonds. The third-order valence-corrected chi connectivity index (χ3v) is 7.42. The Hall–Kier alpha value is -3.13. The van der Waals surface area contributed by atoms with Crippen LogP contribution in [0.4, 0.5) is 17.3 Å². The molecule has 1 aliphatic carbocycles. The molecule has 3 N–H and O–H groups in total. The first kappa shape index (κ1) is 23.6. The van der Waals surface area contributed by atoms with Crippen LogP contribution in [0.5, 0.6) is 0 Å². The minimum Gasteiger partial charge on any atom is -0.388 e. The monoisotopic (exact) mass is 487 g/mol. The van der Waals surface area contributed by atoms with E-state index in [-0.39, 0.29) is 0 Å². The number of pyridine rings is 1. The van der Waals surface area contributed by atoms with E-state index in [2.05, 4.69) is 63.8 Å². The summed E-state index contributed by atoms with van der Waals surface area (Å²) in [6.45, 7) is 6.69. The van der Waals surface area contributed by atoms with E-state index in [0.717, 1.165) is 24.8 Å². The molecule has 1 aliphatic heterocycles. The van der Waals surface area contributed by atoms with Crippen LogP contribution in [0.3, 0.4) is 0 Å². The maximum Gasteiger partial charge on any atom is 0.164 e. The van der Waals surface area contributed by atoms with Gasteiger partial charge in [-0.25, -0.2) is 15.0 Å². The second kappa shape index (κ2) is 10.2. The summed E-state index contributed by atoms with van der Waals surface area (Å²) in [4.78, 5) is 16.2. The van der Waals surface area contributed by atoms with Gasteiger partial charge < -0.3 is 20.9 Å². The number of benzene rings is 1. The van der Waals surface area contributed by atoms with E-state index in [9.17, 15) is 0 Å². The molecule has 7 nitrogen and oxygen atoms in total. The van der Waals surface area contributed by atoms with Gasteiger partial charge in [0.2, 0.25) is 0 Å². The summed E-state index contributed by atoms with van der Waals surface area (Å²) in [5, 5.41) is 16.9. The zero-order chi connectivity index (χ0) is 24.4. The number of fused-ring (bicyclic) bond motifs is 1. The minimum absolute atomic E-state index is 0.410. The van der Waals surface area contributed by atoms with Crippen LogP contribution in [0, 0.1) is 11.3 Å². The van der Waals surface area contributed by atoms with Crippen molar-refractivity contribution in [2.45, 2.75) is 38.6 Å². The number of aromatic nitrogens is 3. The normalized spacial score (nSPS) is 16.5. The van der Waals surface area contributed by atoms with Crippen molar-refractivity contribution < 1.29 is 0 Å². The van der Waals surface area contributed by atoms with Crippen LogP contribution in [-0.4, -0.2) is 52.3 Å². The summed E-state index contributed by atoms with van der Waals surface area (Å²) < 4.78 is 0. The molecule has 0 unspecified atom stereocenters. The maximum absolute atomic E-state index is 7.77. The van der Waals surface area contributed by atoms with Gasteiger partial charge in [0, 0.05) is 60.9 Å². The number of allylic oxidation sites excluding steroid dienone is 1. The number of rotatable bonds is 10. The molecule has 0 atom stereocenters. The molecular formula is C27H33N7S. The molecule has 2 aromatic heterocycles. The average molecular weight is 488 g/mol. The highest BCUT2D eigenvalue weighted by Gasteiger charge is 2.28. The summed E-state index contributed by atoms with van der Waals surface area (Å²) in [7, 11) is 0. The molecule has 1 saturated heterocycles. The van der Waals surface area contributed by atoms with Gasteiger partial charge in [0.15, 0.2) is 5.82 Å². The molecule has 1 saturated carbocycles. The van der Waals surface area contributed by atoms with Gasteiger partial charge in [-0.1, -0.05) is 19.9 Å². The zero-order valence-electron chi connectivity index (χ0n) is 20.6. The summed E-state index contributed by atoms with van der Waals surface area (Å²) >= 11 is 1.93. The van der Waals surface area contributed by atoms with Crippen molar-refractivity contribution >= 4 is 51.6 Å². The molecule has 3 aromatic rings. The lowest BCUT2D eigenvalue weighted by molar-refractivity contribution is 0.456. The Morgan fingerprint density at radius 2 is 2.00 bits per heavy atom. The van der Waals surface area contributed by atoms with E-state index >= 15 is 0 Å². The second-order valence-corrected chi connectivity index (χ2v) is 10.7. The van der Waals surface area contributed by atoms with Gasteiger partial charge in [-0.2, -0.15) is 11.8 Å². The van der Waals surface area contributed by atoms with Gasteiger partial charge in [0.1, 0.15) is 11.6 Å². The van der Waals surface area contributed by atoms with Crippen molar-refractivity contribution in [3.8, 4) is 0 Å². The molecule has 8 heteroatoms. The molecule has 2 fully saturated rings. The quantitative estimate of drug-likeness (QED) is 0.328. The fourth-order valence-corrected chi connectivity index (χ4v) is 5.21. The lowest BCUT2D eigenvalue weighted by Crippen LogP contribution is -2.48. The van der Waals surface area contributed by atoms with Gasteiger partial charge in [-0.3, -0.25) is 0 Å². The largest absolute Gasteiger partial charge is 0.388 e. The van der Waals surface area contributed by atoms with Gasteiger partial charge in [-0.05, 0) is 59.9 Å². The third kappa shape index (κ3) is 5.27. The Kier molecular flexibility index (Phi) is 6.90. The number of nitrogens with one attached hydrogen (secondary N) is 3. The maximum atomic E-state index is 7.77. The van der Waals surface area contributed by atoms with Crippen molar-refractivity contribution in [1.29, 1.82) is 5.41 Å². The summed E-state index contributed by atoms with van der Waals surface area (Å²) in [6.07, 6.45) is 11.4. The van der Waals surface area contributed by atoms with Crippen LogP contribution >= 0.6 is 11.8 Å². The third-order valence-electron chi connectivity index (χ3n) is 6.61. The van der Waals surface area contributed by atoms with Crippen LogP contribution in [0.1, 0.15) is 44.0 Å². The SMILES string of the molecule is CSCC1CN(c2ccc(C(C)C)c3cc(Nc4ccnc(/C(C=N)=C/NC5CC5)n4)ncc23)C1. The molecule has 0 bridgehead atoms. The Morgan fingerprint density at radius 1 is 1.17 bits per heavy atom. The molecule has 0 radical (unpaired) electrons. The molecular weight excluding hydrogens is 454 g/mol. The van der Waals surface area contributed by atoms with Crippen molar-refractivity contribution in [2.24, 2.45) is 5.92 Å². The molecule has 1 aromatic carbocycles. The Bertz CT molecular complexity index is 1250. The molecule has 3 heterocycles. The Labute approximate surface area is 211 Å². The number of thioether (sulfide) groups is 1. The Morgan fingerprint density at radius 3 is 2.71 bits per heavy atom. The van der Waals surface area contributed by atoms with Crippen LogP contribution in [0.2, 0.25) is 0 Å². The van der Waals surface area contributed by atoms with E-state index < -0.39 is 0 Å². The first-order valence-corrected chi connectivity index (χ1v) is 13.7. The van der Waals surface area contributed by atoms with Crippen LogP contribution in [-0.2, 0) is 0 Å². The minimum atomic E-state index is 0.410. The highest BCUT2D eigenvalue weighted by molar-refractivity contribution is 7.98. The van der Waals surface area contributed by atoms with Crippen LogP contribution in [0.25, 0.3) is 16.3 Å². The van der Waals surface area contributed by atoms with Gasteiger partial charge in [0.25, 0.3) is 0 Å². The van der Waals surface area contributed by atoms with E-state index in [1.165, 1.54) is 46.8 Å². The molecule has 0 spiro atoms. The summed E-state index contributed by atoms with van der Waals surface area (Å²) in [5.41, 5.74) is 3.25. The van der Waals surface area contributed by atoms with Gasteiger partial charge in [0.05, 0.1) is 5.57 Å². The molecule has 2 aliphatic rings. The molecule has 182 valence electrons. The average Bonchev–Trinajstić information content (AvgIpc) is 3.66. The van der Waals surface area contributed by atoms with E-state index in [4.69, 9.17) is 10.4 Å². The fraction of sp³-hybridized carbons (Fsp3) is 0.407. The highest BCUT2D eigenvalue weighted by Crippen LogP contribution is 2.37. The summed E-state index contributed by atoms with van der Waals surface area (Å²) in [6, 6.07) is 9.01. The van der Waals surface area contributed by atoms with E-state index in [0.29, 0.717) is 29.2 Å². The molecule has 35 heavy (non-hydrogen) atoms. The first-order valence-electron chi connectivity index (χ1n) is 12.3. The molecule has 5 rings (SSSR count). The van der Waals surface area contributed by atoms with Gasteiger partial charge in [-0.15, -0.1) is 0 Å². The highest BCUT2D eigenvalue weighted by atomic mass is 32.2. The number of anilines is 3. The predicted molar refractivity (Wildman–Crippen MR) is 148 cm³/mol.